The second kappa shape index (κ2) is 5.31. The molecule has 19 heavy (non-hydrogen) atoms. The van der Waals surface area contributed by atoms with E-state index in [4.69, 9.17) is 15.2 Å². The minimum Gasteiger partial charge on any atom is -0.398 e. The number of benzene rings is 1. The maximum Gasteiger partial charge on any atom is 0.168 e. The molecule has 1 aromatic carbocycles. The number of nitrogens with two attached hydrogens (primary N) is 1. The van der Waals surface area contributed by atoms with Gasteiger partial charge in [-0.25, -0.2) is 4.39 Å². The number of anilines is 1. The van der Waals surface area contributed by atoms with Crippen LogP contribution in [0.5, 0.6) is 0 Å². The third-order valence-electron chi connectivity index (χ3n) is 3.68. The molecule has 3 nitrogen and oxygen atoms in total. The lowest BCUT2D eigenvalue weighted by Crippen LogP contribution is -2.27. The summed E-state index contributed by atoms with van der Waals surface area (Å²) in [6.45, 7) is 0.627. The predicted octanol–water partition coefficient (Wildman–Crippen LogP) is 3.19. The van der Waals surface area contributed by atoms with Crippen molar-refractivity contribution in [3.8, 4) is 0 Å². The molecule has 1 unspecified atom stereocenters. The van der Waals surface area contributed by atoms with Gasteiger partial charge in [0.25, 0.3) is 0 Å². The third-order valence-corrected chi connectivity index (χ3v) is 4.88. The Balaban J connectivity index is 1.57. The molecule has 1 aliphatic carbocycles. The topological polar surface area (TPSA) is 44.5 Å². The van der Waals surface area contributed by atoms with Crippen molar-refractivity contribution in [3.05, 3.63) is 24.0 Å². The summed E-state index contributed by atoms with van der Waals surface area (Å²) in [5.41, 5.74) is 6.44. The van der Waals surface area contributed by atoms with Crippen LogP contribution < -0.4 is 5.73 Å². The number of thioether (sulfide) groups is 1. The Morgan fingerprint density at radius 3 is 2.95 bits per heavy atom. The predicted molar refractivity (Wildman–Crippen MR) is 73.6 cm³/mol. The van der Waals surface area contributed by atoms with Crippen LogP contribution in [0.15, 0.2) is 23.1 Å². The quantitative estimate of drug-likeness (QED) is 0.683. The average molecular weight is 283 g/mol. The Bertz CT molecular complexity index is 463. The molecular weight excluding hydrogens is 265 g/mol. The van der Waals surface area contributed by atoms with E-state index in [0.29, 0.717) is 12.3 Å². The van der Waals surface area contributed by atoms with Crippen molar-refractivity contribution < 1.29 is 13.9 Å². The normalized spacial score (nSPS) is 25.2. The lowest BCUT2D eigenvalue weighted by molar-refractivity contribution is -0.159. The fourth-order valence-corrected chi connectivity index (χ4v) is 3.65. The lowest BCUT2D eigenvalue weighted by atomic mass is 10.2. The van der Waals surface area contributed by atoms with Gasteiger partial charge in [0.2, 0.25) is 0 Å². The molecule has 3 rings (SSSR count). The molecule has 0 radical (unpaired) electrons. The standard InChI is InChI=1S/C14H18FNO2S/c15-10-3-4-12(16)13(7-10)19-9-11-8-17-14(18-11)5-1-2-6-14/h3-4,7,11H,1-2,5-6,8-9,16H2. The van der Waals surface area contributed by atoms with Crippen molar-refractivity contribution in [1.29, 1.82) is 0 Å². The Morgan fingerprint density at radius 2 is 2.16 bits per heavy atom. The smallest absolute Gasteiger partial charge is 0.168 e. The van der Waals surface area contributed by atoms with Crippen LogP contribution >= 0.6 is 11.8 Å². The highest BCUT2D eigenvalue weighted by Crippen LogP contribution is 2.40. The van der Waals surface area contributed by atoms with Crippen molar-refractivity contribution in [1.82, 2.24) is 0 Å². The lowest BCUT2D eigenvalue weighted by Gasteiger charge is -2.21. The first kappa shape index (κ1) is 13.2. The van der Waals surface area contributed by atoms with Crippen LogP contribution in [-0.2, 0) is 9.47 Å². The molecule has 1 spiro atoms. The minimum atomic E-state index is -0.321. The van der Waals surface area contributed by atoms with E-state index in [2.05, 4.69) is 0 Å². The molecule has 1 saturated heterocycles. The highest BCUT2D eigenvalue weighted by molar-refractivity contribution is 7.99. The van der Waals surface area contributed by atoms with Gasteiger partial charge < -0.3 is 15.2 Å². The molecule has 104 valence electrons. The van der Waals surface area contributed by atoms with Gasteiger partial charge in [-0.15, -0.1) is 11.8 Å². The molecule has 2 aliphatic rings. The summed E-state index contributed by atoms with van der Waals surface area (Å²) in [5, 5.41) is 0. The van der Waals surface area contributed by atoms with Crippen LogP contribution in [-0.4, -0.2) is 24.3 Å². The van der Waals surface area contributed by atoms with E-state index in [0.717, 1.165) is 23.5 Å². The highest BCUT2D eigenvalue weighted by atomic mass is 32.2. The van der Waals surface area contributed by atoms with Crippen LogP contribution in [0.3, 0.4) is 0 Å². The summed E-state index contributed by atoms with van der Waals surface area (Å²) in [6.07, 6.45) is 4.42. The van der Waals surface area contributed by atoms with Gasteiger partial charge in [0.15, 0.2) is 5.79 Å². The molecule has 2 N–H and O–H groups in total. The number of halogens is 1. The molecule has 5 heteroatoms. The molecule has 1 saturated carbocycles. The number of rotatable bonds is 3. The zero-order chi connectivity index (χ0) is 13.3. The van der Waals surface area contributed by atoms with Gasteiger partial charge in [0, 0.05) is 29.2 Å². The van der Waals surface area contributed by atoms with Gasteiger partial charge in [-0.1, -0.05) is 0 Å². The van der Waals surface area contributed by atoms with E-state index in [-0.39, 0.29) is 17.7 Å². The number of ether oxygens (including phenoxy) is 2. The summed E-state index contributed by atoms with van der Waals surface area (Å²) in [6, 6.07) is 4.45. The van der Waals surface area contributed by atoms with Crippen LogP contribution in [0.25, 0.3) is 0 Å². The fraction of sp³-hybridized carbons (Fsp3) is 0.571. The number of hydrogen-bond donors (Lipinski definition) is 1. The Kier molecular flexibility index (Phi) is 3.69. The zero-order valence-electron chi connectivity index (χ0n) is 10.7. The maximum absolute atomic E-state index is 13.2. The van der Waals surface area contributed by atoms with E-state index in [9.17, 15) is 4.39 Å². The van der Waals surface area contributed by atoms with Crippen molar-refractivity contribution in [2.75, 3.05) is 18.1 Å². The first-order valence-electron chi connectivity index (χ1n) is 6.66. The van der Waals surface area contributed by atoms with Gasteiger partial charge in [-0.2, -0.15) is 0 Å². The summed E-state index contributed by atoms with van der Waals surface area (Å²) >= 11 is 1.53. The Labute approximate surface area is 116 Å². The van der Waals surface area contributed by atoms with Gasteiger partial charge in [-0.05, 0) is 31.0 Å². The summed E-state index contributed by atoms with van der Waals surface area (Å²) in [7, 11) is 0. The molecule has 0 aromatic heterocycles. The van der Waals surface area contributed by atoms with Crippen molar-refractivity contribution in [2.45, 2.75) is 42.5 Å². The molecule has 1 aliphatic heterocycles. The molecule has 1 atom stereocenters. The largest absolute Gasteiger partial charge is 0.398 e. The number of nitrogen functional groups attached to an aromatic ring is 1. The second-order valence-corrected chi connectivity index (χ2v) is 6.22. The Hall–Kier alpha value is -0.780. The average Bonchev–Trinajstić information content (AvgIpc) is 3.02. The third kappa shape index (κ3) is 2.88. The first-order valence-corrected chi connectivity index (χ1v) is 7.65. The fourth-order valence-electron chi connectivity index (χ4n) is 2.69. The van der Waals surface area contributed by atoms with Gasteiger partial charge >= 0.3 is 0 Å². The maximum atomic E-state index is 13.2. The summed E-state index contributed by atoms with van der Waals surface area (Å²) < 4.78 is 25.0. The van der Waals surface area contributed by atoms with Crippen LogP contribution in [0.1, 0.15) is 25.7 Å². The van der Waals surface area contributed by atoms with Gasteiger partial charge in [0.1, 0.15) is 5.82 Å². The van der Waals surface area contributed by atoms with E-state index < -0.39 is 0 Å². The van der Waals surface area contributed by atoms with E-state index in [1.54, 1.807) is 6.07 Å². The van der Waals surface area contributed by atoms with E-state index in [1.165, 1.54) is 36.7 Å². The van der Waals surface area contributed by atoms with Crippen LogP contribution in [0.4, 0.5) is 10.1 Å². The molecule has 1 aromatic rings. The van der Waals surface area contributed by atoms with E-state index >= 15 is 0 Å². The molecular formula is C14H18FNO2S. The van der Waals surface area contributed by atoms with Crippen LogP contribution in [0, 0.1) is 5.82 Å². The number of hydrogen-bond acceptors (Lipinski definition) is 4. The highest BCUT2D eigenvalue weighted by Gasteiger charge is 2.43. The molecule has 0 amide bonds. The van der Waals surface area contributed by atoms with Crippen molar-refractivity contribution in [2.24, 2.45) is 0 Å². The van der Waals surface area contributed by atoms with Crippen molar-refractivity contribution in [3.63, 3.8) is 0 Å². The first-order chi connectivity index (χ1) is 9.17. The minimum absolute atomic E-state index is 0.0748. The second-order valence-electron chi connectivity index (χ2n) is 5.16. The van der Waals surface area contributed by atoms with Gasteiger partial charge in [0.05, 0.1) is 12.7 Å². The zero-order valence-corrected chi connectivity index (χ0v) is 11.5. The van der Waals surface area contributed by atoms with Crippen molar-refractivity contribution >= 4 is 17.4 Å². The molecule has 0 bridgehead atoms. The Morgan fingerprint density at radius 1 is 1.37 bits per heavy atom. The summed E-state index contributed by atoms with van der Waals surface area (Å²) in [4.78, 5) is 0.774. The molecule has 1 heterocycles. The SMILES string of the molecule is Nc1ccc(F)cc1SCC1COC2(CCCC2)O1. The van der Waals surface area contributed by atoms with Crippen LogP contribution in [0.2, 0.25) is 0 Å². The monoisotopic (exact) mass is 283 g/mol. The van der Waals surface area contributed by atoms with Gasteiger partial charge in [-0.3, -0.25) is 0 Å². The van der Waals surface area contributed by atoms with E-state index in [1.807, 2.05) is 0 Å². The summed E-state index contributed by atoms with van der Waals surface area (Å²) in [5.74, 6) is 0.168. The molecule has 2 fully saturated rings.